The number of rotatable bonds is 4. The molecule has 0 aliphatic rings. The van der Waals surface area contributed by atoms with Gasteiger partial charge < -0.3 is 15.6 Å². The van der Waals surface area contributed by atoms with Gasteiger partial charge >= 0.3 is 0 Å². The van der Waals surface area contributed by atoms with E-state index in [9.17, 15) is 0 Å². The summed E-state index contributed by atoms with van der Waals surface area (Å²) in [5.41, 5.74) is 7.37. The Labute approximate surface area is 88.4 Å². The summed E-state index contributed by atoms with van der Waals surface area (Å²) in [4.78, 5) is 0. The average molecular weight is 216 g/mol. The van der Waals surface area contributed by atoms with E-state index in [2.05, 4.69) is 0 Å². The molecule has 0 fully saturated rings. The summed E-state index contributed by atoms with van der Waals surface area (Å²) < 4.78 is 5.07. The zero-order valence-electron chi connectivity index (χ0n) is 8.09. The van der Waals surface area contributed by atoms with E-state index in [0.29, 0.717) is 22.9 Å². The molecule has 4 heteroatoms. The SMILES string of the molecule is COc1cc(CCCO)c(N)cc1Cl. The molecule has 1 aromatic carbocycles. The van der Waals surface area contributed by atoms with Gasteiger partial charge in [0.2, 0.25) is 0 Å². The fourth-order valence-electron chi connectivity index (χ4n) is 1.25. The van der Waals surface area contributed by atoms with E-state index in [1.165, 1.54) is 0 Å². The number of nitrogens with two attached hydrogens (primary N) is 1. The fourth-order valence-corrected chi connectivity index (χ4v) is 1.50. The maximum absolute atomic E-state index is 8.70. The Morgan fingerprint density at radius 1 is 1.50 bits per heavy atom. The van der Waals surface area contributed by atoms with Crippen LogP contribution in [-0.2, 0) is 6.42 Å². The molecule has 78 valence electrons. The number of halogens is 1. The van der Waals surface area contributed by atoms with Crippen molar-refractivity contribution in [2.45, 2.75) is 12.8 Å². The minimum absolute atomic E-state index is 0.157. The molecule has 0 radical (unpaired) electrons. The van der Waals surface area contributed by atoms with Crippen molar-refractivity contribution in [3.63, 3.8) is 0 Å². The normalized spacial score (nSPS) is 10.2. The third-order valence-corrected chi connectivity index (χ3v) is 2.31. The summed E-state index contributed by atoms with van der Waals surface area (Å²) >= 11 is 5.88. The summed E-state index contributed by atoms with van der Waals surface area (Å²) in [7, 11) is 1.56. The fraction of sp³-hybridized carbons (Fsp3) is 0.400. The van der Waals surface area contributed by atoms with Crippen LogP contribution in [0.2, 0.25) is 5.02 Å². The van der Waals surface area contributed by atoms with Crippen LogP contribution in [0.25, 0.3) is 0 Å². The van der Waals surface area contributed by atoms with Crippen molar-refractivity contribution in [3.8, 4) is 5.75 Å². The van der Waals surface area contributed by atoms with Gasteiger partial charge in [0.25, 0.3) is 0 Å². The second-order valence-corrected chi connectivity index (χ2v) is 3.42. The number of aryl methyl sites for hydroxylation is 1. The minimum atomic E-state index is 0.157. The lowest BCUT2D eigenvalue weighted by molar-refractivity contribution is 0.288. The summed E-state index contributed by atoms with van der Waals surface area (Å²) in [6, 6.07) is 3.49. The van der Waals surface area contributed by atoms with Crippen molar-refractivity contribution < 1.29 is 9.84 Å². The van der Waals surface area contributed by atoms with Crippen molar-refractivity contribution >= 4 is 17.3 Å². The lowest BCUT2D eigenvalue weighted by Crippen LogP contribution is -1.98. The minimum Gasteiger partial charge on any atom is -0.495 e. The molecule has 0 saturated carbocycles. The van der Waals surface area contributed by atoms with Crippen LogP contribution >= 0.6 is 11.6 Å². The number of nitrogen functional groups attached to an aromatic ring is 1. The van der Waals surface area contributed by atoms with Crippen LogP contribution in [0.4, 0.5) is 5.69 Å². The molecular formula is C10H14ClNO2. The van der Waals surface area contributed by atoms with Gasteiger partial charge in [0, 0.05) is 12.3 Å². The van der Waals surface area contributed by atoms with E-state index in [1.807, 2.05) is 6.07 Å². The van der Waals surface area contributed by atoms with E-state index in [4.69, 9.17) is 27.2 Å². The Bertz CT molecular complexity index is 315. The van der Waals surface area contributed by atoms with Crippen molar-refractivity contribution in [2.24, 2.45) is 0 Å². The van der Waals surface area contributed by atoms with Gasteiger partial charge in [0.05, 0.1) is 12.1 Å². The maximum atomic E-state index is 8.70. The molecule has 14 heavy (non-hydrogen) atoms. The van der Waals surface area contributed by atoms with Crippen molar-refractivity contribution in [1.29, 1.82) is 0 Å². The standard InChI is InChI=1S/C10H14ClNO2/c1-14-10-5-7(3-2-4-13)9(12)6-8(10)11/h5-6,13H,2-4,12H2,1H3. The highest BCUT2D eigenvalue weighted by Gasteiger charge is 2.06. The predicted molar refractivity (Wildman–Crippen MR) is 57.8 cm³/mol. The summed E-state index contributed by atoms with van der Waals surface area (Å²) in [6.45, 7) is 0.157. The Kier molecular flexibility index (Phi) is 4.04. The van der Waals surface area contributed by atoms with Gasteiger partial charge in [-0.15, -0.1) is 0 Å². The smallest absolute Gasteiger partial charge is 0.137 e. The van der Waals surface area contributed by atoms with Gasteiger partial charge in [-0.25, -0.2) is 0 Å². The van der Waals surface area contributed by atoms with Crippen LogP contribution in [0, 0.1) is 0 Å². The van der Waals surface area contributed by atoms with E-state index in [0.717, 1.165) is 12.0 Å². The maximum Gasteiger partial charge on any atom is 0.137 e. The third kappa shape index (κ3) is 2.53. The number of hydrogen-bond acceptors (Lipinski definition) is 3. The summed E-state index contributed by atoms with van der Waals surface area (Å²) in [5, 5.41) is 9.21. The predicted octanol–water partition coefficient (Wildman–Crippen LogP) is 1.86. The Hall–Kier alpha value is -0.930. The highest BCUT2D eigenvalue weighted by Crippen LogP contribution is 2.29. The second-order valence-electron chi connectivity index (χ2n) is 3.01. The van der Waals surface area contributed by atoms with Crippen LogP contribution in [0.1, 0.15) is 12.0 Å². The molecule has 0 heterocycles. The Balaban J connectivity index is 2.92. The van der Waals surface area contributed by atoms with Crippen LogP contribution < -0.4 is 10.5 Å². The van der Waals surface area contributed by atoms with Gasteiger partial charge in [-0.1, -0.05) is 11.6 Å². The Morgan fingerprint density at radius 3 is 2.79 bits per heavy atom. The van der Waals surface area contributed by atoms with E-state index >= 15 is 0 Å². The molecule has 0 spiro atoms. The van der Waals surface area contributed by atoms with Crippen molar-refractivity contribution in [2.75, 3.05) is 19.5 Å². The molecule has 0 atom stereocenters. The van der Waals surface area contributed by atoms with Crippen molar-refractivity contribution in [1.82, 2.24) is 0 Å². The van der Waals surface area contributed by atoms with E-state index < -0.39 is 0 Å². The van der Waals surface area contributed by atoms with E-state index in [-0.39, 0.29) is 6.61 Å². The lowest BCUT2D eigenvalue weighted by Gasteiger charge is -2.09. The average Bonchev–Trinajstić information content (AvgIpc) is 2.17. The molecule has 0 bridgehead atoms. The number of benzene rings is 1. The van der Waals surface area contributed by atoms with Crippen molar-refractivity contribution in [3.05, 3.63) is 22.7 Å². The highest BCUT2D eigenvalue weighted by atomic mass is 35.5. The summed E-state index contributed by atoms with van der Waals surface area (Å²) in [6.07, 6.45) is 1.42. The first-order valence-corrected chi connectivity index (χ1v) is 4.79. The molecule has 3 N–H and O–H groups in total. The quantitative estimate of drug-likeness (QED) is 0.754. The molecule has 1 rings (SSSR count). The number of ether oxygens (including phenoxy) is 1. The summed E-state index contributed by atoms with van der Waals surface area (Å²) in [5.74, 6) is 0.619. The lowest BCUT2D eigenvalue weighted by atomic mass is 10.1. The number of aliphatic hydroxyl groups is 1. The molecule has 0 aliphatic carbocycles. The van der Waals surface area contributed by atoms with Gasteiger partial charge in [-0.2, -0.15) is 0 Å². The monoisotopic (exact) mass is 215 g/mol. The molecule has 1 aromatic rings. The Morgan fingerprint density at radius 2 is 2.21 bits per heavy atom. The van der Waals surface area contributed by atoms with Gasteiger partial charge in [-0.3, -0.25) is 0 Å². The number of methoxy groups -OCH3 is 1. The first-order chi connectivity index (χ1) is 6.69. The third-order valence-electron chi connectivity index (χ3n) is 2.02. The van der Waals surface area contributed by atoms with Crippen LogP contribution in [0.5, 0.6) is 5.75 Å². The number of aliphatic hydroxyl groups excluding tert-OH is 1. The van der Waals surface area contributed by atoms with E-state index in [1.54, 1.807) is 13.2 Å². The molecule has 0 aliphatic heterocycles. The van der Waals surface area contributed by atoms with Gasteiger partial charge in [0.1, 0.15) is 5.75 Å². The molecule has 3 nitrogen and oxygen atoms in total. The highest BCUT2D eigenvalue weighted by molar-refractivity contribution is 6.32. The van der Waals surface area contributed by atoms with Crippen LogP contribution in [0.3, 0.4) is 0 Å². The topological polar surface area (TPSA) is 55.5 Å². The molecular weight excluding hydrogens is 202 g/mol. The first-order valence-electron chi connectivity index (χ1n) is 4.41. The zero-order valence-corrected chi connectivity index (χ0v) is 8.84. The number of anilines is 1. The van der Waals surface area contributed by atoms with Gasteiger partial charge in [0.15, 0.2) is 0 Å². The van der Waals surface area contributed by atoms with Crippen LogP contribution in [-0.4, -0.2) is 18.8 Å². The zero-order chi connectivity index (χ0) is 10.6. The molecule has 0 aromatic heterocycles. The van der Waals surface area contributed by atoms with Crippen LogP contribution in [0.15, 0.2) is 12.1 Å². The molecule has 0 unspecified atom stereocenters. The molecule has 0 amide bonds. The second kappa shape index (κ2) is 5.08. The van der Waals surface area contributed by atoms with Gasteiger partial charge in [-0.05, 0) is 30.5 Å². The largest absolute Gasteiger partial charge is 0.495 e. The molecule has 0 saturated heterocycles. The first kappa shape index (κ1) is 11.1. The number of hydrogen-bond donors (Lipinski definition) is 2.